The molecule has 0 spiro atoms. The molecule has 0 aliphatic carbocycles. The number of carboxylic acids is 1. The van der Waals surface area contributed by atoms with Crippen LogP contribution in [0.25, 0.3) is 0 Å². The van der Waals surface area contributed by atoms with Gasteiger partial charge in [0.2, 0.25) is 5.91 Å². The highest BCUT2D eigenvalue weighted by Gasteiger charge is 2.35. The summed E-state index contributed by atoms with van der Waals surface area (Å²) in [4.78, 5) is 28.8. The number of likely N-dealkylation sites (tertiary alicyclic amines) is 2. The number of carbonyl (C=O) groups is 2. The lowest BCUT2D eigenvalue weighted by Crippen LogP contribution is -2.44. The van der Waals surface area contributed by atoms with E-state index in [-0.39, 0.29) is 18.5 Å². The van der Waals surface area contributed by atoms with Crippen LogP contribution in [-0.4, -0.2) is 52.5 Å². The third-order valence-electron chi connectivity index (χ3n) is 4.43. The van der Waals surface area contributed by atoms with Crippen LogP contribution < -0.4 is 0 Å². The Morgan fingerprint density at radius 2 is 2.10 bits per heavy atom. The van der Waals surface area contributed by atoms with Gasteiger partial charge in [0.05, 0.1) is 12.6 Å². The quantitative estimate of drug-likeness (QED) is 0.923. The van der Waals surface area contributed by atoms with Crippen LogP contribution in [0.1, 0.15) is 36.6 Å². The van der Waals surface area contributed by atoms with Gasteiger partial charge in [0, 0.05) is 11.4 Å². The molecule has 1 amide bonds. The number of hydrogen-bond donors (Lipinski definition) is 1. The van der Waals surface area contributed by atoms with Gasteiger partial charge in [-0.2, -0.15) is 0 Å². The first kappa shape index (κ1) is 14.5. The summed E-state index contributed by atoms with van der Waals surface area (Å²) in [6.07, 6.45) is 3.54. The molecule has 2 saturated heterocycles. The summed E-state index contributed by atoms with van der Waals surface area (Å²) < 4.78 is 0. The molecular weight excluding hydrogens is 288 g/mol. The number of nitrogens with zero attached hydrogens (tertiary/aromatic N) is 2. The van der Waals surface area contributed by atoms with Crippen molar-refractivity contribution < 1.29 is 14.7 Å². The van der Waals surface area contributed by atoms with Gasteiger partial charge in [0.25, 0.3) is 0 Å². The first-order chi connectivity index (χ1) is 10.2. The van der Waals surface area contributed by atoms with Gasteiger partial charge < -0.3 is 10.0 Å². The second kappa shape index (κ2) is 6.15. The highest BCUT2D eigenvalue weighted by molar-refractivity contribution is 7.10. The molecule has 2 aliphatic heterocycles. The molecule has 3 rings (SSSR count). The Labute approximate surface area is 128 Å². The largest absolute Gasteiger partial charge is 0.480 e. The minimum Gasteiger partial charge on any atom is -0.480 e. The molecule has 0 radical (unpaired) electrons. The SMILES string of the molecule is O=C(O)C1CCCN1CC(=O)N1CCCC1c1cccs1. The summed E-state index contributed by atoms with van der Waals surface area (Å²) in [6, 6.07) is 3.79. The summed E-state index contributed by atoms with van der Waals surface area (Å²) in [5, 5.41) is 11.2. The average molecular weight is 308 g/mol. The standard InChI is InChI=1S/C15H20N2O3S/c18-14(10-16-7-1-5-12(16)15(19)20)17-8-2-4-11(17)13-6-3-9-21-13/h3,6,9,11-12H,1-2,4-5,7-8,10H2,(H,19,20). The maximum Gasteiger partial charge on any atom is 0.320 e. The fourth-order valence-corrected chi connectivity index (χ4v) is 4.28. The van der Waals surface area contributed by atoms with Crippen molar-refractivity contribution in [3.63, 3.8) is 0 Å². The Hall–Kier alpha value is -1.40. The van der Waals surface area contributed by atoms with Gasteiger partial charge >= 0.3 is 5.97 Å². The van der Waals surface area contributed by atoms with E-state index in [1.165, 1.54) is 4.88 Å². The van der Waals surface area contributed by atoms with Crippen LogP contribution in [0.2, 0.25) is 0 Å². The fourth-order valence-electron chi connectivity index (χ4n) is 3.40. The van der Waals surface area contributed by atoms with Gasteiger partial charge in [-0.05, 0) is 43.7 Å². The second-order valence-electron chi connectivity index (χ2n) is 5.73. The van der Waals surface area contributed by atoms with Gasteiger partial charge in [-0.25, -0.2) is 0 Å². The zero-order valence-corrected chi connectivity index (χ0v) is 12.7. The molecule has 2 atom stereocenters. The lowest BCUT2D eigenvalue weighted by molar-refractivity contribution is -0.143. The second-order valence-corrected chi connectivity index (χ2v) is 6.71. The molecule has 2 unspecified atom stereocenters. The van der Waals surface area contributed by atoms with Gasteiger partial charge in [0.1, 0.15) is 6.04 Å². The number of aliphatic carboxylic acids is 1. The molecule has 3 heterocycles. The monoisotopic (exact) mass is 308 g/mol. The summed E-state index contributed by atoms with van der Waals surface area (Å²) in [5.74, 6) is -0.740. The van der Waals surface area contributed by atoms with Crippen LogP contribution in [0.3, 0.4) is 0 Å². The average Bonchev–Trinajstić information content (AvgIpc) is 3.19. The van der Waals surface area contributed by atoms with Gasteiger partial charge in [-0.1, -0.05) is 6.07 Å². The molecule has 2 aliphatic rings. The summed E-state index contributed by atoms with van der Waals surface area (Å²) in [5.41, 5.74) is 0. The van der Waals surface area contributed by atoms with Crippen LogP contribution >= 0.6 is 11.3 Å². The van der Waals surface area contributed by atoms with Gasteiger partial charge in [-0.15, -0.1) is 11.3 Å². The summed E-state index contributed by atoms with van der Waals surface area (Å²) in [7, 11) is 0. The van der Waals surface area contributed by atoms with Crippen molar-refractivity contribution >= 4 is 23.2 Å². The molecule has 5 nitrogen and oxygen atoms in total. The Balaban J connectivity index is 1.66. The van der Waals surface area contributed by atoms with E-state index in [1.54, 1.807) is 11.3 Å². The van der Waals surface area contributed by atoms with E-state index >= 15 is 0 Å². The number of carbonyl (C=O) groups excluding carboxylic acids is 1. The first-order valence-electron chi connectivity index (χ1n) is 7.46. The Kier molecular flexibility index (Phi) is 4.26. The molecule has 1 N–H and O–H groups in total. The third kappa shape index (κ3) is 2.96. The van der Waals surface area contributed by atoms with Crippen LogP contribution in [0.15, 0.2) is 17.5 Å². The highest BCUT2D eigenvalue weighted by atomic mass is 32.1. The van der Waals surface area contributed by atoms with E-state index < -0.39 is 12.0 Å². The van der Waals surface area contributed by atoms with E-state index in [4.69, 9.17) is 0 Å². The molecule has 6 heteroatoms. The number of amides is 1. The summed E-state index contributed by atoms with van der Waals surface area (Å²) in [6.45, 7) is 1.73. The number of hydrogen-bond acceptors (Lipinski definition) is 4. The maximum absolute atomic E-state index is 12.6. The molecule has 21 heavy (non-hydrogen) atoms. The molecule has 0 bridgehead atoms. The molecule has 2 fully saturated rings. The van der Waals surface area contributed by atoms with E-state index in [9.17, 15) is 14.7 Å². The zero-order chi connectivity index (χ0) is 14.8. The number of rotatable bonds is 4. The number of thiophene rings is 1. The van der Waals surface area contributed by atoms with Crippen molar-refractivity contribution in [1.29, 1.82) is 0 Å². The smallest absolute Gasteiger partial charge is 0.320 e. The van der Waals surface area contributed by atoms with E-state index in [0.29, 0.717) is 13.0 Å². The van der Waals surface area contributed by atoms with Crippen LogP contribution in [0.5, 0.6) is 0 Å². The normalized spacial score (nSPS) is 26.4. The van der Waals surface area contributed by atoms with Crippen molar-refractivity contribution in [3.05, 3.63) is 22.4 Å². The van der Waals surface area contributed by atoms with Crippen molar-refractivity contribution in [2.75, 3.05) is 19.6 Å². The van der Waals surface area contributed by atoms with E-state index in [0.717, 1.165) is 25.8 Å². The molecule has 114 valence electrons. The fraction of sp³-hybridized carbons (Fsp3) is 0.600. The van der Waals surface area contributed by atoms with Gasteiger partial charge in [-0.3, -0.25) is 14.5 Å². The summed E-state index contributed by atoms with van der Waals surface area (Å²) >= 11 is 1.69. The van der Waals surface area contributed by atoms with Crippen LogP contribution in [0.4, 0.5) is 0 Å². The number of carboxylic acid groups (broad SMARTS) is 1. The van der Waals surface area contributed by atoms with Crippen molar-refractivity contribution in [2.24, 2.45) is 0 Å². The van der Waals surface area contributed by atoms with Crippen LogP contribution in [-0.2, 0) is 9.59 Å². The first-order valence-corrected chi connectivity index (χ1v) is 8.34. The lowest BCUT2D eigenvalue weighted by Gasteiger charge is -2.28. The molecule has 0 aromatic carbocycles. The molecule has 1 aromatic heterocycles. The van der Waals surface area contributed by atoms with Crippen LogP contribution in [0, 0.1) is 0 Å². The Morgan fingerprint density at radius 3 is 2.81 bits per heavy atom. The lowest BCUT2D eigenvalue weighted by atomic mass is 10.2. The third-order valence-corrected chi connectivity index (χ3v) is 5.41. The molecular formula is C15H20N2O3S. The minimum atomic E-state index is -0.809. The van der Waals surface area contributed by atoms with E-state index in [2.05, 4.69) is 6.07 Å². The van der Waals surface area contributed by atoms with Crippen molar-refractivity contribution in [3.8, 4) is 0 Å². The predicted octanol–water partition coefficient (Wildman–Crippen LogP) is 1.96. The molecule has 0 saturated carbocycles. The zero-order valence-electron chi connectivity index (χ0n) is 11.9. The minimum absolute atomic E-state index is 0.0686. The Bertz CT molecular complexity index is 517. The topological polar surface area (TPSA) is 60.9 Å². The van der Waals surface area contributed by atoms with E-state index in [1.807, 2.05) is 21.2 Å². The Morgan fingerprint density at radius 1 is 1.29 bits per heavy atom. The van der Waals surface area contributed by atoms with Crippen molar-refractivity contribution in [1.82, 2.24) is 9.80 Å². The predicted molar refractivity (Wildman–Crippen MR) is 80.2 cm³/mol. The molecule has 1 aromatic rings. The van der Waals surface area contributed by atoms with Crippen molar-refractivity contribution in [2.45, 2.75) is 37.8 Å². The van der Waals surface area contributed by atoms with Gasteiger partial charge in [0.15, 0.2) is 0 Å². The highest BCUT2D eigenvalue weighted by Crippen LogP contribution is 2.34. The maximum atomic E-state index is 12.6.